The summed E-state index contributed by atoms with van der Waals surface area (Å²) in [4.78, 5) is 8.55. The summed E-state index contributed by atoms with van der Waals surface area (Å²) in [5.74, 6) is 0. The quantitative estimate of drug-likeness (QED) is 0.678. The van der Waals surface area contributed by atoms with Crippen LogP contribution in [0.2, 0.25) is 0 Å². The predicted molar refractivity (Wildman–Crippen MR) is 79.5 cm³/mol. The first-order chi connectivity index (χ1) is 9.31. The monoisotopic (exact) mass is 347 g/mol. The highest BCUT2D eigenvalue weighted by Crippen LogP contribution is 2.26. The number of benzene rings is 1. The van der Waals surface area contributed by atoms with Crippen LogP contribution >= 0.6 is 11.3 Å². The number of anilines is 3. The van der Waals surface area contributed by atoms with Crippen LogP contribution in [0.15, 0.2) is 54.2 Å². The maximum atomic E-state index is 5.65. The molecule has 0 saturated heterocycles. The molecule has 0 unspecified atom stereocenters. The molecule has 1 aromatic carbocycles. The minimum absolute atomic E-state index is 0. The standard InChI is InChI=1S/C14H12N4S.BrH/c15-11-1-3-12(4-2-11)17-14-18-13(9-19-14)10-5-7-16-8-6-10;/h1-9H,15H2,(H,17,18);1H/p-1. The smallest absolute Gasteiger partial charge is 0.187 e. The van der Waals surface area contributed by atoms with Gasteiger partial charge in [-0.2, -0.15) is 0 Å². The lowest BCUT2D eigenvalue weighted by atomic mass is 10.2. The van der Waals surface area contributed by atoms with Crippen molar-refractivity contribution in [1.29, 1.82) is 0 Å². The van der Waals surface area contributed by atoms with Crippen molar-refractivity contribution >= 4 is 27.8 Å². The molecule has 0 bridgehead atoms. The number of nitrogen functional groups attached to an aromatic ring is 1. The van der Waals surface area contributed by atoms with Crippen LogP contribution in [0.1, 0.15) is 0 Å². The normalized spacial score (nSPS) is 9.80. The van der Waals surface area contributed by atoms with Gasteiger partial charge in [0.05, 0.1) is 5.69 Å². The number of nitrogens with zero attached hydrogens (tertiary/aromatic N) is 2. The van der Waals surface area contributed by atoms with Crippen LogP contribution in [0, 0.1) is 0 Å². The summed E-state index contributed by atoms with van der Waals surface area (Å²) in [6, 6.07) is 11.5. The Balaban J connectivity index is 0.00000147. The van der Waals surface area contributed by atoms with E-state index in [0.717, 1.165) is 27.8 Å². The van der Waals surface area contributed by atoms with E-state index in [9.17, 15) is 0 Å². The third kappa shape index (κ3) is 3.34. The zero-order chi connectivity index (χ0) is 13.1. The van der Waals surface area contributed by atoms with Crippen LogP contribution in [0.3, 0.4) is 0 Å². The van der Waals surface area contributed by atoms with E-state index >= 15 is 0 Å². The van der Waals surface area contributed by atoms with E-state index in [4.69, 9.17) is 5.73 Å². The fraction of sp³-hybridized carbons (Fsp3) is 0. The second kappa shape index (κ2) is 6.49. The highest BCUT2D eigenvalue weighted by atomic mass is 79.9. The van der Waals surface area contributed by atoms with Crippen LogP contribution < -0.4 is 28.0 Å². The van der Waals surface area contributed by atoms with Gasteiger partial charge in [-0.25, -0.2) is 4.98 Å². The van der Waals surface area contributed by atoms with Crippen molar-refractivity contribution in [2.75, 3.05) is 11.1 Å². The molecule has 3 N–H and O–H groups in total. The summed E-state index contributed by atoms with van der Waals surface area (Å²) < 4.78 is 0. The van der Waals surface area contributed by atoms with Crippen molar-refractivity contribution in [2.24, 2.45) is 0 Å². The fourth-order valence-electron chi connectivity index (χ4n) is 1.68. The molecule has 0 fully saturated rings. The first-order valence-corrected chi connectivity index (χ1v) is 6.68. The van der Waals surface area contributed by atoms with E-state index in [1.165, 1.54) is 0 Å². The average Bonchev–Trinajstić information content (AvgIpc) is 2.91. The molecule has 102 valence electrons. The Kier molecular flexibility index (Phi) is 4.70. The van der Waals surface area contributed by atoms with Gasteiger partial charge in [-0.05, 0) is 36.4 Å². The Morgan fingerprint density at radius 2 is 1.70 bits per heavy atom. The third-order valence-electron chi connectivity index (χ3n) is 2.64. The molecule has 2 heterocycles. The Hall–Kier alpha value is -1.92. The second-order valence-electron chi connectivity index (χ2n) is 4.02. The number of hydrogen-bond acceptors (Lipinski definition) is 5. The molecule has 3 rings (SSSR count). The number of rotatable bonds is 3. The molecule has 20 heavy (non-hydrogen) atoms. The SMILES string of the molecule is Nc1ccc(Nc2nc(-c3ccncc3)cs2)cc1.[Br-]. The van der Waals surface area contributed by atoms with Gasteiger partial charge in [0.1, 0.15) is 0 Å². The summed E-state index contributed by atoms with van der Waals surface area (Å²) in [7, 11) is 0. The van der Waals surface area contributed by atoms with Crippen LogP contribution in [-0.4, -0.2) is 9.97 Å². The van der Waals surface area contributed by atoms with Gasteiger partial charge in [-0.1, -0.05) is 0 Å². The average molecular weight is 348 g/mol. The van der Waals surface area contributed by atoms with Gasteiger partial charge in [0, 0.05) is 34.7 Å². The molecule has 0 atom stereocenters. The molecule has 0 aliphatic rings. The molecule has 0 aliphatic carbocycles. The number of thiazole rings is 1. The van der Waals surface area contributed by atoms with Gasteiger partial charge in [0.2, 0.25) is 0 Å². The first-order valence-electron chi connectivity index (χ1n) is 5.80. The van der Waals surface area contributed by atoms with Crippen LogP contribution in [-0.2, 0) is 0 Å². The Morgan fingerprint density at radius 3 is 2.40 bits per heavy atom. The summed E-state index contributed by atoms with van der Waals surface area (Å²) in [5, 5.41) is 6.14. The highest BCUT2D eigenvalue weighted by Gasteiger charge is 2.04. The van der Waals surface area contributed by atoms with Crippen LogP contribution in [0.5, 0.6) is 0 Å². The number of aromatic nitrogens is 2. The lowest BCUT2D eigenvalue weighted by Gasteiger charge is -2.02. The van der Waals surface area contributed by atoms with Gasteiger partial charge in [0.25, 0.3) is 0 Å². The largest absolute Gasteiger partial charge is 1.00 e. The van der Waals surface area contributed by atoms with E-state index in [2.05, 4.69) is 15.3 Å². The molecule has 6 heteroatoms. The van der Waals surface area contributed by atoms with E-state index in [0.29, 0.717) is 0 Å². The van der Waals surface area contributed by atoms with Crippen LogP contribution in [0.25, 0.3) is 11.3 Å². The molecule has 3 aromatic rings. The molecule has 0 amide bonds. The maximum absolute atomic E-state index is 5.65. The summed E-state index contributed by atoms with van der Waals surface area (Å²) in [6.45, 7) is 0. The molecule has 0 aliphatic heterocycles. The van der Waals surface area contributed by atoms with Gasteiger partial charge in [-0.3, -0.25) is 4.98 Å². The van der Waals surface area contributed by atoms with E-state index in [1.54, 1.807) is 23.7 Å². The van der Waals surface area contributed by atoms with Gasteiger partial charge in [0.15, 0.2) is 5.13 Å². The predicted octanol–water partition coefficient (Wildman–Crippen LogP) is 0.535. The number of halogens is 1. The fourth-order valence-corrected chi connectivity index (χ4v) is 2.42. The van der Waals surface area contributed by atoms with Crippen molar-refractivity contribution in [3.05, 3.63) is 54.2 Å². The zero-order valence-electron chi connectivity index (χ0n) is 10.5. The Labute approximate surface area is 131 Å². The van der Waals surface area contributed by atoms with E-state index in [1.807, 2.05) is 41.8 Å². The molecule has 0 radical (unpaired) electrons. The summed E-state index contributed by atoms with van der Waals surface area (Å²) in [5.41, 5.74) is 9.40. The molecule has 4 nitrogen and oxygen atoms in total. The minimum Gasteiger partial charge on any atom is -1.00 e. The molecule has 0 spiro atoms. The minimum atomic E-state index is 0. The Bertz CT molecular complexity index is 667. The van der Waals surface area contributed by atoms with Gasteiger partial charge in [-0.15, -0.1) is 11.3 Å². The number of nitrogens with two attached hydrogens (primary N) is 1. The van der Waals surface area contributed by atoms with Crippen molar-refractivity contribution in [3.8, 4) is 11.3 Å². The summed E-state index contributed by atoms with van der Waals surface area (Å²) >= 11 is 1.57. The van der Waals surface area contributed by atoms with Crippen molar-refractivity contribution in [3.63, 3.8) is 0 Å². The second-order valence-corrected chi connectivity index (χ2v) is 4.88. The summed E-state index contributed by atoms with van der Waals surface area (Å²) in [6.07, 6.45) is 3.53. The number of pyridine rings is 1. The lowest BCUT2D eigenvalue weighted by molar-refractivity contribution is -0.00000382. The lowest BCUT2D eigenvalue weighted by Crippen LogP contribution is -3.00. The molecular weight excluding hydrogens is 336 g/mol. The topological polar surface area (TPSA) is 63.8 Å². The van der Waals surface area contributed by atoms with Crippen molar-refractivity contribution in [1.82, 2.24) is 9.97 Å². The van der Waals surface area contributed by atoms with E-state index < -0.39 is 0 Å². The Morgan fingerprint density at radius 1 is 1.00 bits per heavy atom. The van der Waals surface area contributed by atoms with Gasteiger partial charge < -0.3 is 28.0 Å². The van der Waals surface area contributed by atoms with Crippen molar-refractivity contribution in [2.45, 2.75) is 0 Å². The number of nitrogens with one attached hydrogen (secondary N) is 1. The zero-order valence-corrected chi connectivity index (χ0v) is 12.9. The van der Waals surface area contributed by atoms with E-state index in [-0.39, 0.29) is 17.0 Å². The molecule has 2 aromatic heterocycles. The maximum Gasteiger partial charge on any atom is 0.187 e. The van der Waals surface area contributed by atoms with Crippen molar-refractivity contribution < 1.29 is 17.0 Å². The number of hydrogen-bond donors (Lipinski definition) is 2. The third-order valence-corrected chi connectivity index (χ3v) is 3.40. The first kappa shape index (κ1) is 14.5. The molecular formula is C14H12BrN4S-. The highest BCUT2D eigenvalue weighted by molar-refractivity contribution is 7.14. The van der Waals surface area contributed by atoms with Crippen LogP contribution in [0.4, 0.5) is 16.5 Å². The molecule has 0 saturated carbocycles. The van der Waals surface area contributed by atoms with Gasteiger partial charge >= 0.3 is 0 Å².